The molecular weight excluding hydrogens is 386 g/mol. The Labute approximate surface area is 175 Å². The van der Waals surface area contributed by atoms with Gasteiger partial charge in [-0.25, -0.2) is 9.79 Å². The van der Waals surface area contributed by atoms with Crippen LogP contribution in [0.1, 0.15) is 24.0 Å². The molecule has 0 unspecified atom stereocenters. The molecule has 0 bridgehead atoms. The molecule has 2 aromatic carbocycles. The largest absolute Gasteiger partial charge is 0.503 e. The van der Waals surface area contributed by atoms with Gasteiger partial charge in [0.05, 0.1) is 38.3 Å². The van der Waals surface area contributed by atoms with Gasteiger partial charge in [-0.1, -0.05) is 24.3 Å². The summed E-state index contributed by atoms with van der Waals surface area (Å²) in [7, 11) is 4.55. The van der Waals surface area contributed by atoms with E-state index in [1.54, 1.807) is 18.9 Å². The van der Waals surface area contributed by atoms with Crippen molar-refractivity contribution in [1.29, 1.82) is 0 Å². The maximum atomic E-state index is 12.2. The maximum absolute atomic E-state index is 12.2. The molecule has 0 saturated heterocycles. The normalized spacial score (nSPS) is 14.4. The molecule has 2 aromatic rings. The van der Waals surface area contributed by atoms with Crippen LogP contribution in [0.15, 0.2) is 59.8 Å². The SMILES string of the molecule is CO/C=C(\C(=O)OC)c1ccccc1CS/C(=N\c1ccc(OC)cc1)C1CC1. The van der Waals surface area contributed by atoms with Crippen molar-refractivity contribution in [2.24, 2.45) is 10.9 Å². The molecule has 1 saturated carbocycles. The fourth-order valence-electron chi connectivity index (χ4n) is 2.87. The van der Waals surface area contributed by atoms with E-state index < -0.39 is 5.97 Å². The van der Waals surface area contributed by atoms with E-state index >= 15 is 0 Å². The van der Waals surface area contributed by atoms with Crippen molar-refractivity contribution in [3.05, 3.63) is 65.9 Å². The van der Waals surface area contributed by atoms with E-state index in [0.29, 0.717) is 17.2 Å². The van der Waals surface area contributed by atoms with Gasteiger partial charge in [0, 0.05) is 11.7 Å². The Kier molecular flexibility index (Phi) is 7.36. The number of hydrogen-bond donors (Lipinski definition) is 0. The van der Waals surface area contributed by atoms with Crippen LogP contribution < -0.4 is 4.74 Å². The lowest BCUT2D eigenvalue weighted by Gasteiger charge is -2.12. The van der Waals surface area contributed by atoms with E-state index in [9.17, 15) is 4.79 Å². The lowest BCUT2D eigenvalue weighted by Crippen LogP contribution is -2.07. The monoisotopic (exact) mass is 411 g/mol. The average molecular weight is 412 g/mol. The molecule has 0 aromatic heterocycles. The standard InChI is InChI=1S/C23H25NO4S/c1-26-14-21(23(25)28-3)20-7-5-4-6-17(20)15-29-22(16-8-9-16)24-18-10-12-19(27-2)13-11-18/h4-7,10-14,16H,8-9,15H2,1-3H3/b21-14-,24-22-. The van der Waals surface area contributed by atoms with Crippen molar-refractivity contribution in [3.8, 4) is 5.75 Å². The van der Waals surface area contributed by atoms with Crippen LogP contribution in [-0.2, 0) is 20.0 Å². The number of carbonyl (C=O) groups is 1. The van der Waals surface area contributed by atoms with Gasteiger partial charge in [0.25, 0.3) is 0 Å². The van der Waals surface area contributed by atoms with Crippen molar-refractivity contribution in [2.45, 2.75) is 18.6 Å². The smallest absolute Gasteiger partial charge is 0.341 e. The van der Waals surface area contributed by atoms with Crippen LogP contribution in [0, 0.1) is 5.92 Å². The summed E-state index contributed by atoms with van der Waals surface area (Å²) in [6, 6.07) is 15.6. The van der Waals surface area contributed by atoms with Gasteiger partial charge in [-0.2, -0.15) is 0 Å². The first-order valence-electron chi connectivity index (χ1n) is 9.41. The lowest BCUT2D eigenvalue weighted by molar-refractivity contribution is -0.133. The number of ether oxygens (including phenoxy) is 3. The number of esters is 1. The topological polar surface area (TPSA) is 57.1 Å². The van der Waals surface area contributed by atoms with E-state index in [4.69, 9.17) is 19.2 Å². The summed E-state index contributed by atoms with van der Waals surface area (Å²) in [5.74, 6) is 1.63. The van der Waals surface area contributed by atoms with Crippen LogP contribution in [-0.4, -0.2) is 32.3 Å². The van der Waals surface area contributed by atoms with Crippen molar-refractivity contribution in [1.82, 2.24) is 0 Å². The van der Waals surface area contributed by atoms with Gasteiger partial charge >= 0.3 is 5.97 Å². The van der Waals surface area contributed by atoms with Crippen molar-refractivity contribution in [2.75, 3.05) is 21.3 Å². The number of aliphatic imine (C=N–C) groups is 1. The highest BCUT2D eigenvalue weighted by Crippen LogP contribution is 2.38. The molecule has 0 atom stereocenters. The van der Waals surface area contributed by atoms with Crippen LogP contribution in [0.25, 0.3) is 5.57 Å². The Bertz CT molecular complexity index is 901. The molecule has 0 spiro atoms. The van der Waals surface area contributed by atoms with E-state index in [-0.39, 0.29) is 0 Å². The Balaban J connectivity index is 1.81. The second-order valence-electron chi connectivity index (χ2n) is 6.63. The molecular formula is C23H25NO4S. The Morgan fingerprint density at radius 1 is 1.10 bits per heavy atom. The fraction of sp³-hybridized carbons (Fsp3) is 0.304. The van der Waals surface area contributed by atoms with Crippen LogP contribution in [0.2, 0.25) is 0 Å². The molecule has 5 nitrogen and oxygen atoms in total. The zero-order valence-electron chi connectivity index (χ0n) is 16.9. The van der Waals surface area contributed by atoms with Gasteiger partial charge in [-0.05, 0) is 48.2 Å². The number of carbonyl (C=O) groups excluding carboxylic acids is 1. The molecule has 1 aliphatic carbocycles. The van der Waals surface area contributed by atoms with Gasteiger partial charge in [-0.3, -0.25) is 0 Å². The van der Waals surface area contributed by atoms with Gasteiger partial charge in [-0.15, -0.1) is 11.8 Å². The van der Waals surface area contributed by atoms with Crippen molar-refractivity contribution < 1.29 is 19.0 Å². The molecule has 1 aliphatic rings. The number of methoxy groups -OCH3 is 3. The van der Waals surface area contributed by atoms with Crippen molar-refractivity contribution >= 4 is 34.0 Å². The number of thioether (sulfide) groups is 1. The van der Waals surface area contributed by atoms with Gasteiger partial charge < -0.3 is 14.2 Å². The van der Waals surface area contributed by atoms with Crippen LogP contribution in [0.3, 0.4) is 0 Å². The number of benzene rings is 2. The molecule has 29 heavy (non-hydrogen) atoms. The number of rotatable bonds is 8. The molecule has 0 N–H and O–H groups in total. The van der Waals surface area contributed by atoms with Gasteiger partial charge in [0.2, 0.25) is 0 Å². The number of nitrogens with zero attached hydrogens (tertiary/aromatic N) is 1. The molecule has 0 amide bonds. The van der Waals surface area contributed by atoms with Crippen molar-refractivity contribution in [3.63, 3.8) is 0 Å². The second kappa shape index (κ2) is 10.2. The molecule has 152 valence electrons. The summed E-state index contributed by atoms with van der Waals surface area (Å²) in [4.78, 5) is 17.1. The summed E-state index contributed by atoms with van der Waals surface area (Å²) in [5.41, 5.74) is 3.18. The minimum absolute atomic E-state index is 0.409. The molecule has 1 fully saturated rings. The zero-order chi connectivity index (χ0) is 20.6. The Hall–Kier alpha value is -2.73. The third-order valence-corrected chi connectivity index (χ3v) is 5.74. The summed E-state index contributed by atoms with van der Waals surface area (Å²) >= 11 is 1.72. The number of hydrogen-bond acceptors (Lipinski definition) is 6. The van der Waals surface area contributed by atoms with Crippen LogP contribution in [0.5, 0.6) is 5.75 Å². The second-order valence-corrected chi connectivity index (χ2v) is 7.62. The van der Waals surface area contributed by atoms with E-state index in [0.717, 1.165) is 27.6 Å². The quantitative estimate of drug-likeness (QED) is 0.196. The minimum Gasteiger partial charge on any atom is -0.503 e. The third kappa shape index (κ3) is 5.64. The molecule has 0 aliphatic heterocycles. The Morgan fingerprint density at radius 3 is 2.45 bits per heavy atom. The molecule has 6 heteroatoms. The highest BCUT2D eigenvalue weighted by molar-refractivity contribution is 8.13. The van der Waals surface area contributed by atoms with E-state index in [1.165, 1.54) is 33.3 Å². The molecule has 0 radical (unpaired) electrons. The molecule has 0 heterocycles. The minimum atomic E-state index is -0.418. The first kappa shape index (κ1) is 21.0. The van der Waals surface area contributed by atoms with Gasteiger partial charge in [0.1, 0.15) is 11.3 Å². The van der Waals surface area contributed by atoms with E-state index in [2.05, 4.69) is 0 Å². The lowest BCUT2D eigenvalue weighted by atomic mass is 10.0. The summed E-state index contributed by atoms with van der Waals surface area (Å²) in [6.45, 7) is 0. The zero-order valence-corrected chi connectivity index (χ0v) is 17.7. The predicted octanol–water partition coefficient (Wildman–Crippen LogP) is 5.23. The summed E-state index contributed by atoms with van der Waals surface area (Å²) in [6.07, 6.45) is 3.77. The average Bonchev–Trinajstić information content (AvgIpc) is 3.60. The maximum Gasteiger partial charge on any atom is 0.341 e. The molecule has 3 rings (SSSR count). The highest BCUT2D eigenvalue weighted by Gasteiger charge is 2.28. The first-order valence-corrected chi connectivity index (χ1v) is 10.4. The summed E-state index contributed by atoms with van der Waals surface area (Å²) < 4.78 is 15.2. The summed E-state index contributed by atoms with van der Waals surface area (Å²) in [5, 5.41) is 1.13. The van der Waals surface area contributed by atoms with Crippen LogP contribution >= 0.6 is 11.8 Å². The fourth-order valence-corrected chi connectivity index (χ4v) is 4.06. The van der Waals surface area contributed by atoms with Crippen LogP contribution in [0.4, 0.5) is 5.69 Å². The van der Waals surface area contributed by atoms with E-state index in [1.807, 2.05) is 48.5 Å². The Morgan fingerprint density at radius 2 is 1.83 bits per heavy atom. The highest BCUT2D eigenvalue weighted by atomic mass is 32.2. The first-order chi connectivity index (χ1) is 14.2. The van der Waals surface area contributed by atoms with Gasteiger partial charge in [0.15, 0.2) is 0 Å². The predicted molar refractivity (Wildman–Crippen MR) is 118 cm³/mol. The third-order valence-electron chi connectivity index (χ3n) is 4.56.